The Balaban J connectivity index is 1.77. The maximum atomic E-state index is 12.8. The number of halogens is 2. The van der Waals surface area contributed by atoms with E-state index in [1.807, 2.05) is 0 Å². The molecular formula is C21H18Br2N2O6S. The summed E-state index contributed by atoms with van der Waals surface area (Å²) in [5.41, 5.74) is 1.03. The molecule has 2 aromatic carbocycles. The van der Waals surface area contributed by atoms with Crippen LogP contribution in [0.1, 0.15) is 12.5 Å². The van der Waals surface area contributed by atoms with Crippen LogP contribution in [-0.2, 0) is 9.59 Å². The molecule has 1 saturated heterocycles. The number of amides is 3. The van der Waals surface area contributed by atoms with Gasteiger partial charge in [0, 0.05) is 10.2 Å². The van der Waals surface area contributed by atoms with Crippen molar-refractivity contribution in [2.24, 2.45) is 0 Å². The second kappa shape index (κ2) is 10.4. The van der Waals surface area contributed by atoms with Crippen LogP contribution < -0.4 is 14.8 Å². The topological polar surface area (TPSA) is 105 Å². The standard InChI is InChI=1S/C21H18Br2N2O6S/c1-3-31-14-8-11(17(22)18(23)19(14)27)9-15-20(28)25(21(29)32-15)10-16(26)24-12-4-6-13(30-2)7-5-12/h4-9,27H,3,10H2,1-2H3,(H,24,26)/b15-9+. The van der Waals surface area contributed by atoms with Gasteiger partial charge in [0.2, 0.25) is 5.91 Å². The zero-order valence-electron chi connectivity index (χ0n) is 17.0. The van der Waals surface area contributed by atoms with Crippen LogP contribution in [0.15, 0.2) is 44.2 Å². The van der Waals surface area contributed by atoms with Crippen LogP contribution in [0.3, 0.4) is 0 Å². The highest BCUT2D eigenvalue weighted by molar-refractivity contribution is 9.13. The number of nitrogens with one attached hydrogen (secondary N) is 1. The lowest BCUT2D eigenvalue weighted by Crippen LogP contribution is -2.36. The molecule has 1 aliphatic rings. The number of phenols is 1. The summed E-state index contributed by atoms with van der Waals surface area (Å²) in [7, 11) is 1.54. The molecule has 1 heterocycles. The number of thioether (sulfide) groups is 1. The zero-order chi connectivity index (χ0) is 23.4. The Labute approximate surface area is 205 Å². The van der Waals surface area contributed by atoms with Crippen LogP contribution >= 0.6 is 43.6 Å². The van der Waals surface area contributed by atoms with E-state index in [9.17, 15) is 19.5 Å². The van der Waals surface area contributed by atoms with E-state index >= 15 is 0 Å². The molecule has 2 aromatic rings. The number of methoxy groups -OCH3 is 1. The van der Waals surface area contributed by atoms with Crippen molar-refractivity contribution in [1.82, 2.24) is 4.90 Å². The lowest BCUT2D eigenvalue weighted by Gasteiger charge is -2.13. The average Bonchev–Trinajstić information content (AvgIpc) is 3.03. The van der Waals surface area contributed by atoms with Crippen LogP contribution in [-0.4, -0.2) is 47.3 Å². The molecule has 2 N–H and O–H groups in total. The molecule has 0 atom stereocenters. The van der Waals surface area contributed by atoms with Crippen LogP contribution in [0.5, 0.6) is 17.2 Å². The maximum absolute atomic E-state index is 12.8. The van der Waals surface area contributed by atoms with E-state index in [0.29, 0.717) is 32.6 Å². The highest BCUT2D eigenvalue weighted by Gasteiger charge is 2.36. The normalized spacial score (nSPS) is 14.8. The van der Waals surface area contributed by atoms with Crippen LogP contribution in [0.2, 0.25) is 0 Å². The summed E-state index contributed by atoms with van der Waals surface area (Å²) in [6.07, 6.45) is 1.50. The average molecular weight is 586 g/mol. The van der Waals surface area contributed by atoms with Crippen molar-refractivity contribution in [2.75, 3.05) is 25.6 Å². The Bertz CT molecular complexity index is 1100. The molecule has 11 heteroatoms. The van der Waals surface area contributed by atoms with Crippen molar-refractivity contribution in [2.45, 2.75) is 6.92 Å². The Hall–Kier alpha value is -2.50. The number of phenolic OH excluding ortho intramolecular Hbond substituents is 1. The number of nitrogens with zero attached hydrogens (tertiary/aromatic N) is 1. The molecule has 0 radical (unpaired) electrons. The minimum absolute atomic E-state index is 0.0841. The summed E-state index contributed by atoms with van der Waals surface area (Å²) in [5, 5.41) is 12.3. The second-order valence-corrected chi connectivity index (χ2v) is 9.00. The SMILES string of the molecule is CCOc1cc(/C=C2/SC(=O)N(CC(=O)Nc3ccc(OC)cc3)C2=O)c(Br)c(Br)c1O. The summed E-state index contributed by atoms with van der Waals surface area (Å²) in [5.74, 6) is -0.311. The summed E-state index contributed by atoms with van der Waals surface area (Å²) >= 11 is 7.37. The van der Waals surface area contributed by atoms with Crippen molar-refractivity contribution in [3.63, 3.8) is 0 Å². The van der Waals surface area contributed by atoms with Gasteiger partial charge in [-0.25, -0.2) is 0 Å². The first-order chi connectivity index (χ1) is 15.2. The highest BCUT2D eigenvalue weighted by atomic mass is 79.9. The molecule has 0 spiro atoms. The molecule has 0 bridgehead atoms. The first kappa shape index (κ1) is 24.1. The van der Waals surface area contributed by atoms with E-state index in [1.165, 1.54) is 13.2 Å². The zero-order valence-corrected chi connectivity index (χ0v) is 21.0. The van der Waals surface area contributed by atoms with Gasteiger partial charge in [0.1, 0.15) is 12.3 Å². The van der Waals surface area contributed by atoms with Gasteiger partial charge in [0.15, 0.2) is 11.5 Å². The number of rotatable bonds is 7. The molecule has 0 aromatic heterocycles. The first-order valence-corrected chi connectivity index (χ1v) is 11.7. The molecule has 0 saturated carbocycles. The number of aromatic hydroxyl groups is 1. The molecule has 8 nitrogen and oxygen atoms in total. The monoisotopic (exact) mass is 584 g/mol. The van der Waals surface area contributed by atoms with Gasteiger partial charge in [-0.15, -0.1) is 0 Å². The third-order valence-electron chi connectivity index (χ3n) is 4.31. The van der Waals surface area contributed by atoms with E-state index in [4.69, 9.17) is 9.47 Å². The second-order valence-electron chi connectivity index (χ2n) is 6.42. The first-order valence-electron chi connectivity index (χ1n) is 9.28. The van der Waals surface area contributed by atoms with E-state index < -0.39 is 23.6 Å². The predicted molar refractivity (Wildman–Crippen MR) is 129 cm³/mol. The molecule has 32 heavy (non-hydrogen) atoms. The van der Waals surface area contributed by atoms with Crippen molar-refractivity contribution >= 4 is 72.4 Å². The minimum atomic E-state index is -0.584. The number of anilines is 1. The van der Waals surface area contributed by atoms with Gasteiger partial charge in [0.05, 0.1) is 23.1 Å². The Morgan fingerprint density at radius 2 is 1.91 bits per heavy atom. The molecule has 1 fully saturated rings. The quantitative estimate of drug-likeness (QED) is 0.441. The fourth-order valence-electron chi connectivity index (χ4n) is 2.78. The van der Waals surface area contributed by atoms with Crippen LogP contribution in [0.4, 0.5) is 10.5 Å². The van der Waals surface area contributed by atoms with Crippen molar-refractivity contribution < 1.29 is 29.0 Å². The third-order valence-corrected chi connectivity index (χ3v) is 7.38. The number of carbonyl (C=O) groups is 3. The van der Waals surface area contributed by atoms with Gasteiger partial charge in [-0.1, -0.05) is 0 Å². The van der Waals surface area contributed by atoms with E-state index in [-0.39, 0.29) is 16.4 Å². The fourth-order valence-corrected chi connectivity index (χ4v) is 4.45. The predicted octanol–water partition coefficient (Wildman–Crippen LogP) is 5.00. The Morgan fingerprint density at radius 3 is 2.53 bits per heavy atom. The molecule has 0 unspecified atom stereocenters. The molecular weight excluding hydrogens is 568 g/mol. The van der Waals surface area contributed by atoms with E-state index in [0.717, 1.165) is 16.7 Å². The summed E-state index contributed by atoms with van der Waals surface area (Å²) in [4.78, 5) is 38.5. The fraction of sp³-hybridized carbons (Fsp3) is 0.190. The smallest absolute Gasteiger partial charge is 0.294 e. The lowest BCUT2D eigenvalue weighted by molar-refractivity contribution is -0.127. The minimum Gasteiger partial charge on any atom is -0.503 e. The summed E-state index contributed by atoms with van der Waals surface area (Å²) in [6, 6.07) is 8.23. The van der Waals surface area contributed by atoms with Crippen molar-refractivity contribution in [3.05, 3.63) is 49.7 Å². The number of hydrogen-bond acceptors (Lipinski definition) is 7. The molecule has 168 valence electrons. The number of benzene rings is 2. The van der Waals surface area contributed by atoms with E-state index in [2.05, 4.69) is 37.2 Å². The van der Waals surface area contributed by atoms with Crippen molar-refractivity contribution in [3.8, 4) is 17.2 Å². The maximum Gasteiger partial charge on any atom is 0.294 e. The van der Waals surface area contributed by atoms with E-state index in [1.54, 1.807) is 37.3 Å². The molecule has 3 amide bonds. The van der Waals surface area contributed by atoms with Gasteiger partial charge < -0.3 is 19.9 Å². The lowest BCUT2D eigenvalue weighted by atomic mass is 10.2. The van der Waals surface area contributed by atoms with Crippen molar-refractivity contribution in [1.29, 1.82) is 0 Å². The van der Waals surface area contributed by atoms with Gasteiger partial charge in [-0.2, -0.15) is 0 Å². The third kappa shape index (κ3) is 5.28. The molecule has 1 aliphatic heterocycles. The van der Waals surface area contributed by atoms with Crippen LogP contribution in [0.25, 0.3) is 6.08 Å². The van der Waals surface area contributed by atoms with Gasteiger partial charge in [-0.3, -0.25) is 19.3 Å². The number of imide groups is 1. The molecule has 3 rings (SSSR count). The molecule has 0 aliphatic carbocycles. The highest BCUT2D eigenvalue weighted by Crippen LogP contribution is 2.43. The summed E-state index contributed by atoms with van der Waals surface area (Å²) in [6.45, 7) is 1.69. The largest absolute Gasteiger partial charge is 0.503 e. The van der Waals surface area contributed by atoms with Gasteiger partial charge in [0.25, 0.3) is 11.1 Å². The number of ether oxygens (including phenoxy) is 2. The van der Waals surface area contributed by atoms with Crippen LogP contribution in [0, 0.1) is 0 Å². The van der Waals surface area contributed by atoms with Gasteiger partial charge >= 0.3 is 0 Å². The van der Waals surface area contributed by atoms with Gasteiger partial charge in [-0.05, 0) is 92.5 Å². The Morgan fingerprint density at radius 1 is 1.22 bits per heavy atom. The number of carbonyl (C=O) groups excluding carboxylic acids is 3. The summed E-state index contributed by atoms with van der Waals surface area (Å²) < 4.78 is 11.3. The Kier molecular flexibility index (Phi) is 7.86. The number of hydrogen-bond donors (Lipinski definition) is 2.